The van der Waals surface area contributed by atoms with Crippen molar-refractivity contribution in [3.05, 3.63) is 12.7 Å². The third-order valence-corrected chi connectivity index (χ3v) is 1.78. The molecule has 0 aromatic rings. The molecule has 0 heterocycles. The topological polar surface area (TPSA) is 20.2 Å². The van der Waals surface area contributed by atoms with Crippen LogP contribution < -0.4 is 0 Å². The molecule has 0 aromatic heterocycles. The van der Waals surface area contributed by atoms with Crippen LogP contribution in [0.3, 0.4) is 0 Å². The summed E-state index contributed by atoms with van der Waals surface area (Å²) >= 11 is 0. The summed E-state index contributed by atoms with van der Waals surface area (Å²) in [7, 11) is 0. The van der Waals surface area contributed by atoms with Crippen LogP contribution in [0, 0.1) is 5.92 Å². The molecule has 0 amide bonds. The van der Waals surface area contributed by atoms with Crippen molar-refractivity contribution in [2.45, 2.75) is 39.2 Å². The van der Waals surface area contributed by atoms with E-state index < -0.39 is 0 Å². The summed E-state index contributed by atoms with van der Waals surface area (Å²) in [6, 6.07) is 0. The molecule has 0 aliphatic heterocycles. The maximum absolute atomic E-state index is 9.40. The molecule has 0 rings (SSSR count). The van der Waals surface area contributed by atoms with Gasteiger partial charge in [-0.1, -0.05) is 26.3 Å². The molecule has 0 saturated carbocycles. The lowest BCUT2D eigenvalue weighted by Crippen LogP contribution is -2.16. The summed E-state index contributed by atoms with van der Waals surface area (Å²) in [5.41, 5.74) is 0. The van der Waals surface area contributed by atoms with E-state index in [0.29, 0.717) is 5.92 Å². The molecule has 1 nitrogen and oxygen atoms in total. The highest BCUT2D eigenvalue weighted by Gasteiger charge is 2.10. The van der Waals surface area contributed by atoms with Gasteiger partial charge >= 0.3 is 0 Å². The molecular formula is C9H18O. The van der Waals surface area contributed by atoms with E-state index in [1.807, 2.05) is 6.08 Å². The first-order chi connectivity index (χ1) is 4.72. The molecule has 0 fully saturated rings. The van der Waals surface area contributed by atoms with Crippen LogP contribution in [-0.2, 0) is 0 Å². The van der Waals surface area contributed by atoms with Gasteiger partial charge in [0, 0.05) is 0 Å². The van der Waals surface area contributed by atoms with Gasteiger partial charge in [0.25, 0.3) is 0 Å². The van der Waals surface area contributed by atoms with Crippen LogP contribution in [-0.4, -0.2) is 11.2 Å². The average molecular weight is 142 g/mol. The zero-order valence-electron chi connectivity index (χ0n) is 7.01. The fourth-order valence-corrected chi connectivity index (χ4v) is 1.00. The number of rotatable bonds is 5. The Kier molecular flexibility index (Phi) is 5.32. The summed E-state index contributed by atoms with van der Waals surface area (Å²) in [6.07, 6.45) is 4.62. The van der Waals surface area contributed by atoms with Gasteiger partial charge in [-0.05, 0) is 18.8 Å². The number of aliphatic hydroxyl groups is 1. The van der Waals surface area contributed by atoms with Gasteiger partial charge in [0.05, 0.1) is 6.10 Å². The molecule has 2 atom stereocenters. The predicted molar refractivity (Wildman–Crippen MR) is 44.9 cm³/mol. The molecule has 10 heavy (non-hydrogen) atoms. The minimum Gasteiger partial charge on any atom is -0.393 e. The second kappa shape index (κ2) is 5.48. The Hall–Kier alpha value is -0.300. The third-order valence-electron chi connectivity index (χ3n) is 1.78. The Labute approximate surface area is 63.8 Å². The second-order valence-corrected chi connectivity index (χ2v) is 2.86. The molecule has 0 aliphatic rings. The first-order valence-corrected chi connectivity index (χ1v) is 4.01. The Morgan fingerprint density at radius 3 is 2.60 bits per heavy atom. The summed E-state index contributed by atoms with van der Waals surface area (Å²) < 4.78 is 0. The molecule has 0 bridgehead atoms. The number of hydrogen-bond acceptors (Lipinski definition) is 1. The second-order valence-electron chi connectivity index (χ2n) is 2.86. The maximum atomic E-state index is 9.40. The van der Waals surface area contributed by atoms with E-state index in [-0.39, 0.29) is 6.10 Å². The molecule has 0 aromatic carbocycles. The molecule has 60 valence electrons. The van der Waals surface area contributed by atoms with Crippen LogP contribution in [0.5, 0.6) is 0 Å². The highest BCUT2D eigenvalue weighted by Crippen LogP contribution is 2.12. The summed E-state index contributed by atoms with van der Waals surface area (Å²) in [5.74, 6) is 0.373. The van der Waals surface area contributed by atoms with E-state index >= 15 is 0 Å². The minimum atomic E-state index is -0.136. The first kappa shape index (κ1) is 9.70. The average Bonchev–Trinajstić information content (AvgIpc) is 1.89. The van der Waals surface area contributed by atoms with Crippen LogP contribution in [0.15, 0.2) is 12.7 Å². The van der Waals surface area contributed by atoms with Crippen LogP contribution in [0.1, 0.15) is 33.1 Å². The van der Waals surface area contributed by atoms with Crippen molar-refractivity contribution in [2.24, 2.45) is 5.92 Å². The number of hydrogen-bond donors (Lipinski definition) is 1. The van der Waals surface area contributed by atoms with E-state index in [1.54, 1.807) is 0 Å². The zero-order chi connectivity index (χ0) is 7.98. The van der Waals surface area contributed by atoms with Gasteiger partial charge < -0.3 is 5.11 Å². The van der Waals surface area contributed by atoms with E-state index in [2.05, 4.69) is 20.4 Å². The molecule has 0 unspecified atom stereocenters. The van der Waals surface area contributed by atoms with E-state index in [4.69, 9.17) is 0 Å². The largest absolute Gasteiger partial charge is 0.393 e. The predicted octanol–water partition coefficient (Wildman–Crippen LogP) is 2.36. The fraction of sp³-hybridized carbons (Fsp3) is 0.778. The Morgan fingerprint density at radius 1 is 1.60 bits per heavy atom. The highest BCUT2D eigenvalue weighted by molar-refractivity contribution is 4.74. The van der Waals surface area contributed by atoms with Crippen molar-refractivity contribution in [2.75, 3.05) is 0 Å². The Balaban J connectivity index is 3.47. The highest BCUT2D eigenvalue weighted by atomic mass is 16.3. The molecule has 0 radical (unpaired) electrons. The van der Waals surface area contributed by atoms with Crippen LogP contribution >= 0.6 is 0 Å². The first-order valence-electron chi connectivity index (χ1n) is 4.01. The quantitative estimate of drug-likeness (QED) is 0.584. The van der Waals surface area contributed by atoms with Crippen molar-refractivity contribution < 1.29 is 5.11 Å². The summed E-state index contributed by atoms with van der Waals surface area (Å²) in [4.78, 5) is 0. The molecule has 1 heteroatoms. The van der Waals surface area contributed by atoms with E-state index in [0.717, 1.165) is 19.3 Å². The van der Waals surface area contributed by atoms with Gasteiger partial charge in [0.2, 0.25) is 0 Å². The van der Waals surface area contributed by atoms with Crippen LogP contribution in [0.25, 0.3) is 0 Å². The van der Waals surface area contributed by atoms with E-state index in [1.165, 1.54) is 0 Å². The van der Waals surface area contributed by atoms with Gasteiger partial charge in [-0.2, -0.15) is 0 Å². The van der Waals surface area contributed by atoms with Gasteiger partial charge in [-0.3, -0.25) is 0 Å². The van der Waals surface area contributed by atoms with Gasteiger partial charge in [0.1, 0.15) is 0 Å². The normalized spacial score (nSPS) is 16.3. The lowest BCUT2D eigenvalue weighted by Gasteiger charge is -2.15. The lowest BCUT2D eigenvalue weighted by atomic mass is 9.98. The summed E-state index contributed by atoms with van der Waals surface area (Å²) in [6.45, 7) is 7.78. The van der Waals surface area contributed by atoms with E-state index in [9.17, 15) is 5.11 Å². The van der Waals surface area contributed by atoms with Crippen molar-refractivity contribution in [3.8, 4) is 0 Å². The van der Waals surface area contributed by atoms with Crippen LogP contribution in [0.2, 0.25) is 0 Å². The molecule has 0 spiro atoms. The molecule has 1 N–H and O–H groups in total. The van der Waals surface area contributed by atoms with Gasteiger partial charge in [-0.15, -0.1) is 6.58 Å². The van der Waals surface area contributed by atoms with Gasteiger partial charge in [-0.25, -0.2) is 0 Å². The van der Waals surface area contributed by atoms with Crippen molar-refractivity contribution in [3.63, 3.8) is 0 Å². The number of aliphatic hydroxyl groups excluding tert-OH is 1. The standard InChI is InChI=1S/C9H18O/c1-4-6-8(3)9(10)7-5-2/h4,8-10H,1,5-7H2,2-3H3/t8-,9+/m0/s1. The van der Waals surface area contributed by atoms with Crippen LogP contribution in [0.4, 0.5) is 0 Å². The number of allylic oxidation sites excluding steroid dienone is 1. The summed E-state index contributed by atoms with van der Waals surface area (Å²) in [5, 5.41) is 9.40. The smallest absolute Gasteiger partial charge is 0.0568 e. The molecule has 0 aliphatic carbocycles. The maximum Gasteiger partial charge on any atom is 0.0568 e. The fourth-order valence-electron chi connectivity index (χ4n) is 1.00. The minimum absolute atomic E-state index is 0.136. The van der Waals surface area contributed by atoms with Gasteiger partial charge in [0.15, 0.2) is 0 Å². The molecule has 0 saturated heterocycles. The third kappa shape index (κ3) is 3.67. The Bertz CT molecular complexity index is 88.7. The SMILES string of the molecule is C=CC[C@H](C)[C@H](O)CCC. The van der Waals surface area contributed by atoms with Crippen molar-refractivity contribution >= 4 is 0 Å². The Morgan fingerprint density at radius 2 is 2.20 bits per heavy atom. The molecular weight excluding hydrogens is 124 g/mol. The van der Waals surface area contributed by atoms with Crippen molar-refractivity contribution in [1.82, 2.24) is 0 Å². The van der Waals surface area contributed by atoms with Crippen molar-refractivity contribution in [1.29, 1.82) is 0 Å². The lowest BCUT2D eigenvalue weighted by molar-refractivity contribution is 0.108. The monoisotopic (exact) mass is 142 g/mol. The zero-order valence-corrected chi connectivity index (χ0v) is 7.01.